The lowest BCUT2D eigenvalue weighted by Crippen LogP contribution is -2.49. The summed E-state index contributed by atoms with van der Waals surface area (Å²) in [5.74, 6) is 0.605. The molecule has 1 aromatic heterocycles. The summed E-state index contributed by atoms with van der Waals surface area (Å²) in [5, 5.41) is 4.48. The minimum atomic E-state index is -3.48. The van der Waals surface area contributed by atoms with Gasteiger partial charge >= 0.3 is 0 Å². The predicted molar refractivity (Wildman–Crippen MR) is 110 cm³/mol. The van der Waals surface area contributed by atoms with Crippen molar-refractivity contribution >= 4 is 22.2 Å². The molecule has 0 N–H and O–H groups in total. The molecule has 9 heteroatoms. The van der Waals surface area contributed by atoms with Crippen LogP contribution in [0, 0.1) is 18.7 Å². The molecule has 0 aliphatic carbocycles. The zero-order chi connectivity index (χ0) is 20.7. The SMILES string of the molecule is Cc1ccc(S(=O)(=O)N2CCN(Cn3nc(C(C)(C)C)oc3=S)CC2)c(C)c1. The van der Waals surface area contributed by atoms with Crippen LogP contribution in [0.25, 0.3) is 0 Å². The molecule has 2 heterocycles. The first kappa shape index (κ1) is 21.2. The zero-order valence-corrected chi connectivity index (χ0v) is 18.7. The molecular formula is C19H28N4O3S2. The van der Waals surface area contributed by atoms with Gasteiger partial charge in [0.2, 0.25) is 15.9 Å². The third-order valence-corrected chi connectivity index (χ3v) is 7.21. The van der Waals surface area contributed by atoms with Gasteiger partial charge in [-0.2, -0.15) is 4.31 Å². The van der Waals surface area contributed by atoms with Crippen molar-refractivity contribution in [3.8, 4) is 0 Å². The Balaban J connectivity index is 1.68. The number of aromatic nitrogens is 2. The van der Waals surface area contributed by atoms with E-state index in [-0.39, 0.29) is 5.41 Å². The van der Waals surface area contributed by atoms with Gasteiger partial charge in [0.05, 0.1) is 11.6 Å². The van der Waals surface area contributed by atoms with Crippen LogP contribution < -0.4 is 0 Å². The zero-order valence-electron chi connectivity index (χ0n) is 17.1. The lowest BCUT2D eigenvalue weighted by atomic mass is 9.97. The van der Waals surface area contributed by atoms with Crippen molar-refractivity contribution in [2.45, 2.75) is 51.6 Å². The fraction of sp³-hybridized carbons (Fsp3) is 0.579. The van der Waals surface area contributed by atoms with Crippen LogP contribution in [0.1, 0.15) is 37.8 Å². The largest absolute Gasteiger partial charge is 0.413 e. The van der Waals surface area contributed by atoms with E-state index in [4.69, 9.17) is 16.6 Å². The molecule has 0 saturated carbocycles. The van der Waals surface area contributed by atoms with Gasteiger partial charge in [-0.1, -0.05) is 38.5 Å². The number of benzene rings is 1. The van der Waals surface area contributed by atoms with Crippen molar-refractivity contribution in [2.75, 3.05) is 26.2 Å². The second-order valence-corrected chi connectivity index (χ2v) is 10.6. The van der Waals surface area contributed by atoms with E-state index in [9.17, 15) is 8.42 Å². The Kier molecular flexibility index (Phi) is 5.82. The summed E-state index contributed by atoms with van der Waals surface area (Å²) in [6, 6.07) is 5.45. The molecule has 1 aliphatic heterocycles. The predicted octanol–water partition coefficient (Wildman–Crippen LogP) is 3.08. The monoisotopic (exact) mass is 424 g/mol. The Morgan fingerprint density at radius 1 is 1.14 bits per heavy atom. The van der Waals surface area contributed by atoms with Crippen LogP contribution in [-0.4, -0.2) is 53.6 Å². The maximum Gasteiger partial charge on any atom is 0.288 e. The lowest BCUT2D eigenvalue weighted by Gasteiger charge is -2.33. The summed E-state index contributed by atoms with van der Waals surface area (Å²) in [6.07, 6.45) is 0. The smallest absolute Gasteiger partial charge is 0.288 e. The number of piperazine rings is 1. The van der Waals surface area contributed by atoms with Crippen molar-refractivity contribution < 1.29 is 12.8 Å². The molecule has 28 heavy (non-hydrogen) atoms. The molecule has 0 radical (unpaired) electrons. The molecule has 1 saturated heterocycles. The summed E-state index contributed by atoms with van der Waals surface area (Å²) in [7, 11) is -3.48. The summed E-state index contributed by atoms with van der Waals surface area (Å²) in [4.78, 5) is 2.87. The molecule has 1 aliphatic rings. The third kappa shape index (κ3) is 4.37. The second-order valence-electron chi connectivity index (χ2n) is 8.36. The molecular weight excluding hydrogens is 396 g/mol. The Bertz CT molecular complexity index is 1010. The Morgan fingerprint density at radius 3 is 2.32 bits per heavy atom. The highest BCUT2D eigenvalue weighted by Crippen LogP contribution is 2.23. The van der Waals surface area contributed by atoms with E-state index in [0.29, 0.717) is 48.5 Å². The van der Waals surface area contributed by atoms with Gasteiger partial charge in [0, 0.05) is 31.6 Å². The number of rotatable bonds is 4. The van der Waals surface area contributed by atoms with E-state index < -0.39 is 10.0 Å². The van der Waals surface area contributed by atoms with E-state index in [0.717, 1.165) is 11.1 Å². The average molecular weight is 425 g/mol. The maximum atomic E-state index is 13.0. The summed E-state index contributed by atoms with van der Waals surface area (Å²) in [6.45, 7) is 12.5. The number of sulfonamides is 1. The topological polar surface area (TPSA) is 71.6 Å². The van der Waals surface area contributed by atoms with Gasteiger partial charge in [-0.05, 0) is 37.7 Å². The van der Waals surface area contributed by atoms with E-state index in [2.05, 4.69) is 10.00 Å². The molecule has 0 spiro atoms. The van der Waals surface area contributed by atoms with Crippen LogP contribution >= 0.6 is 12.2 Å². The van der Waals surface area contributed by atoms with Gasteiger partial charge in [-0.15, -0.1) is 5.10 Å². The van der Waals surface area contributed by atoms with Crippen molar-refractivity contribution in [1.29, 1.82) is 0 Å². The minimum absolute atomic E-state index is 0.211. The standard InChI is InChI=1S/C19H28N4O3S2/c1-14-6-7-16(15(2)12-14)28(24,25)22-10-8-21(9-11-22)13-23-18(27)26-17(20-23)19(3,4)5/h6-7,12H,8-11,13H2,1-5H3. The summed E-state index contributed by atoms with van der Waals surface area (Å²) >= 11 is 5.28. The van der Waals surface area contributed by atoms with Crippen LogP contribution in [0.3, 0.4) is 0 Å². The summed E-state index contributed by atoms with van der Waals surface area (Å²) < 4.78 is 34.9. The van der Waals surface area contributed by atoms with Gasteiger partial charge in [0.15, 0.2) is 0 Å². The molecule has 7 nitrogen and oxygen atoms in total. The Hall–Kier alpha value is -1.55. The van der Waals surface area contributed by atoms with Crippen molar-refractivity contribution in [2.24, 2.45) is 0 Å². The van der Waals surface area contributed by atoms with E-state index in [1.54, 1.807) is 15.1 Å². The first-order valence-corrected chi connectivity index (χ1v) is 11.2. The van der Waals surface area contributed by atoms with Gasteiger partial charge < -0.3 is 4.42 Å². The fourth-order valence-electron chi connectivity index (χ4n) is 3.23. The van der Waals surface area contributed by atoms with Crippen LogP contribution in [0.5, 0.6) is 0 Å². The summed E-state index contributed by atoms with van der Waals surface area (Å²) in [5.41, 5.74) is 1.63. The minimum Gasteiger partial charge on any atom is -0.413 e. The van der Waals surface area contributed by atoms with E-state index in [1.807, 2.05) is 46.8 Å². The first-order chi connectivity index (χ1) is 13.0. The van der Waals surface area contributed by atoms with Crippen molar-refractivity contribution in [3.63, 3.8) is 0 Å². The fourth-order valence-corrected chi connectivity index (χ4v) is 5.03. The van der Waals surface area contributed by atoms with Crippen LogP contribution in [0.4, 0.5) is 0 Å². The molecule has 0 bridgehead atoms. The lowest BCUT2D eigenvalue weighted by molar-refractivity contribution is 0.143. The van der Waals surface area contributed by atoms with Crippen molar-refractivity contribution in [1.82, 2.24) is 19.0 Å². The molecule has 2 aromatic rings. The highest BCUT2D eigenvalue weighted by atomic mass is 32.2. The van der Waals surface area contributed by atoms with Crippen LogP contribution in [0.15, 0.2) is 27.5 Å². The molecule has 0 amide bonds. The second kappa shape index (κ2) is 7.70. The highest BCUT2D eigenvalue weighted by molar-refractivity contribution is 7.89. The molecule has 1 aromatic carbocycles. The molecule has 0 unspecified atom stereocenters. The normalized spacial score (nSPS) is 17.2. The van der Waals surface area contributed by atoms with Gasteiger partial charge in [0.25, 0.3) is 4.84 Å². The number of hydrogen-bond acceptors (Lipinski definition) is 6. The third-order valence-electron chi connectivity index (χ3n) is 4.86. The number of hydrogen-bond donors (Lipinski definition) is 0. The molecule has 1 fully saturated rings. The highest BCUT2D eigenvalue weighted by Gasteiger charge is 2.30. The quantitative estimate of drug-likeness (QED) is 0.703. The Labute approximate surface area is 172 Å². The first-order valence-electron chi connectivity index (χ1n) is 9.37. The average Bonchev–Trinajstić information content (AvgIpc) is 2.96. The van der Waals surface area contributed by atoms with Crippen molar-refractivity contribution in [3.05, 3.63) is 40.1 Å². The Morgan fingerprint density at radius 2 is 1.79 bits per heavy atom. The van der Waals surface area contributed by atoms with E-state index >= 15 is 0 Å². The van der Waals surface area contributed by atoms with Crippen LogP contribution in [0.2, 0.25) is 0 Å². The van der Waals surface area contributed by atoms with Gasteiger partial charge in [-0.25, -0.2) is 13.1 Å². The van der Waals surface area contributed by atoms with Gasteiger partial charge in [-0.3, -0.25) is 4.90 Å². The maximum absolute atomic E-state index is 13.0. The van der Waals surface area contributed by atoms with Gasteiger partial charge in [0.1, 0.15) is 0 Å². The molecule has 0 atom stereocenters. The van der Waals surface area contributed by atoms with E-state index in [1.165, 1.54) is 0 Å². The molecule has 3 rings (SSSR count). The van der Waals surface area contributed by atoms with Crippen LogP contribution in [-0.2, 0) is 22.1 Å². The number of aryl methyl sites for hydroxylation is 2. The molecule has 154 valence electrons. The number of nitrogens with zero attached hydrogens (tertiary/aromatic N) is 4.